The van der Waals surface area contributed by atoms with Crippen LogP contribution in [0.3, 0.4) is 0 Å². The first kappa shape index (κ1) is 15.5. The first-order valence-electron chi connectivity index (χ1n) is 7.07. The molecule has 114 valence electrons. The fourth-order valence-electron chi connectivity index (χ4n) is 2.48. The first-order chi connectivity index (χ1) is 10.1. The Morgan fingerprint density at radius 1 is 1.00 bits per heavy atom. The summed E-state index contributed by atoms with van der Waals surface area (Å²) in [7, 11) is 0. The Balaban J connectivity index is 2.00. The van der Waals surface area contributed by atoms with Gasteiger partial charge in [-0.05, 0) is 37.2 Å². The number of aliphatic hydroxyl groups excluding tert-OH is 1. The van der Waals surface area contributed by atoms with Crippen molar-refractivity contribution in [1.82, 2.24) is 9.80 Å². The lowest BCUT2D eigenvalue weighted by Gasteiger charge is -2.21. The number of carboxylic acid groups (broad SMARTS) is 1. The fourth-order valence-corrected chi connectivity index (χ4v) is 2.48. The van der Waals surface area contributed by atoms with Crippen molar-refractivity contribution in [2.24, 2.45) is 0 Å². The first-order valence-corrected chi connectivity index (χ1v) is 7.07. The zero-order chi connectivity index (χ0) is 15.2. The largest absolute Gasteiger partial charge is 0.478 e. The van der Waals surface area contributed by atoms with Crippen LogP contribution in [-0.4, -0.2) is 71.2 Å². The molecule has 0 saturated carbocycles. The molecule has 1 heterocycles. The van der Waals surface area contributed by atoms with Crippen molar-refractivity contribution in [3.8, 4) is 0 Å². The third kappa shape index (κ3) is 4.03. The molecule has 0 radical (unpaired) electrons. The molecule has 1 aromatic rings. The maximum atomic E-state index is 12.4. The number of aliphatic hydroxyl groups is 1. The number of carbonyl (C=O) groups excluding carboxylic acids is 1. The van der Waals surface area contributed by atoms with Crippen LogP contribution in [0.25, 0.3) is 0 Å². The maximum Gasteiger partial charge on any atom is 0.335 e. The Morgan fingerprint density at radius 2 is 1.67 bits per heavy atom. The van der Waals surface area contributed by atoms with Crippen molar-refractivity contribution in [2.45, 2.75) is 6.42 Å². The molecule has 21 heavy (non-hydrogen) atoms. The molecule has 1 aliphatic rings. The van der Waals surface area contributed by atoms with Crippen LogP contribution in [0.4, 0.5) is 0 Å². The van der Waals surface area contributed by atoms with E-state index in [2.05, 4.69) is 4.90 Å². The average molecular weight is 292 g/mol. The second-order valence-electron chi connectivity index (χ2n) is 5.09. The van der Waals surface area contributed by atoms with Crippen LogP contribution in [-0.2, 0) is 0 Å². The number of nitrogens with zero attached hydrogens (tertiary/aromatic N) is 2. The Morgan fingerprint density at radius 3 is 2.29 bits per heavy atom. The topological polar surface area (TPSA) is 81.1 Å². The van der Waals surface area contributed by atoms with Crippen molar-refractivity contribution in [3.63, 3.8) is 0 Å². The van der Waals surface area contributed by atoms with Crippen LogP contribution >= 0.6 is 0 Å². The second-order valence-corrected chi connectivity index (χ2v) is 5.09. The molecular weight excluding hydrogens is 272 g/mol. The van der Waals surface area contributed by atoms with Crippen molar-refractivity contribution < 1.29 is 19.8 Å². The van der Waals surface area contributed by atoms with E-state index in [0.717, 1.165) is 19.5 Å². The predicted octanol–water partition coefficient (Wildman–Crippen LogP) is 0.525. The van der Waals surface area contributed by atoms with Crippen LogP contribution in [0.2, 0.25) is 0 Å². The van der Waals surface area contributed by atoms with Gasteiger partial charge in [0.2, 0.25) is 0 Å². The summed E-state index contributed by atoms with van der Waals surface area (Å²) in [5, 5.41) is 17.8. The van der Waals surface area contributed by atoms with Crippen LogP contribution in [0.5, 0.6) is 0 Å². The summed E-state index contributed by atoms with van der Waals surface area (Å²) in [6, 6.07) is 6.02. The SMILES string of the molecule is O=C(O)c1ccc(C(=O)N2CCCN(CCO)CC2)cc1. The minimum absolute atomic E-state index is 0.0715. The fraction of sp³-hybridized carbons (Fsp3) is 0.467. The molecule has 2 N–H and O–H groups in total. The Labute approximate surface area is 123 Å². The van der Waals surface area contributed by atoms with E-state index in [1.807, 2.05) is 0 Å². The molecule has 2 rings (SSSR count). The van der Waals surface area contributed by atoms with Gasteiger partial charge in [-0.25, -0.2) is 4.79 Å². The minimum Gasteiger partial charge on any atom is -0.478 e. The lowest BCUT2D eigenvalue weighted by atomic mass is 10.1. The van der Waals surface area contributed by atoms with E-state index in [9.17, 15) is 9.59 Å². The lowest BCUT2D eigenvalue weighted by Crippen LogP contribution is -2.35. The van der Waals surface area contributed by atoms with Crippen molar-refractivity contribution in [3.05, 3.63) is 35.4 Å². The van der Waals surface area contributed by atoms with Gasteiger partial charge in [-0.2, -0.15) is 0 Å². The lowest BCUT2D eigenvalue weighted by molar-refractivity contribution is 0.0694. The van der Waals surface area contributed by atoms with Crippen LogP contribution in [0, 0.1) is 0 Å². The van der Waals surface area contributed by atoms with E-state index in [-0.39, 0.29) is 18.1 Å². The smallest absolute Gasteiger partial charge is 0.335 e. The molecule has 1 aromatic carbocycles. The Bertz CT molecular complexity index is 501. The molecule has 0 bridgehead atoms. The minimum atomic E-state index is -0.997. The van der Waals surface area contributed by atoms with E-state index >= 15 is 0 Å². The number of amides is 1. The van der Waals surface area contributed by atoms with Gasteiger partial charge >= 0.3 is 5.97 Å². The molecule has 0 aromatic heterocycles. The molecule has 1 saturated heterocycles. The van der Waals surface area contributed by atoms with E-state index in [1.165, 1.54) is 12.1 Å². The maximum absolute atomic E-state index is 12.4. The summed E-state index contributed by atoms with van der Waals surface area (Å²) < 4.78 is 0. The summed E-state index contributed by atoms with van der Waals surface area (Å²) in [6.45, 7) is 3.70. The Kier molecular flexibility index (Phi) is 5.30. The molecule has 0 atom stereocenters. The van der Waals surface area contributed by atoms with Crippen molar-refractivity contribution in [2.75, 3.05) is 39.3 Å². The molecule has 0 unspecified atom stereocenters. The molecule has 1 aliphatic heterocycles. The van der Waals surface area contributed by atoms with Gasteiger partial charge < -0.3 is 15.1 Å². The van der Waals surface area contributed by atoms with Crippen LogP contribution in [0.1, 0.15) is 27.1 Å². The number of benzene rings is 1. The van der Waals surface area contributed by atoms with Gasteiger partial charge in [0.1, 0.15) is 0 Å². The highest BCUT2D eigenvalue weighted by Gasteiger charge is 2.20. The van der Waals surface area contributed by atoms with Gasteiger partial charge in [-0.1, -0.05) is 0 Å². The number of rotatable bonds is 4. The van der Waals surface area contributed by atoms with E-state index in [0.29, 0.717) is 25.2 Å². The number of hydrogen-bond donors (Lipinski definition) is 2. The highest BCUT2D eigenvalue weighted by molar-refractivity contribution is 5.95. The summed E-state index contributed by atoms with van der Waals surface area (Å²) in [5.74, 6) is -1.07. The molecule has 6 nitrogen and oxygen atoms in total. The average Bonchev–Trinajstić information content (AvgIpc) is 2.73. The molecule has 1 fully saturated rings. The number of carboxylic acids is 1. The zero-order valence-corrected chi connectivity index (χ0v) is 11.9. The third-order valence-corrected chi connectivity index (χ3v) is 3.67. The molecular formula is C15H20N2O4. The van der Waals surface area contributed by atoms with Crippen LogP contribution in [0.15, 0.2) is 24.3 Å². The van der Waals surface area contributed by atoms with E-state index in [1.54, 1.807) is 17.0 Å². The molecule has 0 aliphatic carbocycles. The standard InChI is InChI=1S/C15H20N2O4/c18-11-10-16-6-1-7-17(9-8-16)14(19)12-2-4-13(5-3-12)15(20)21/h2-5,18H,1,6-11H2,(H,20,21). The highest BCUT2D eigenvalue weighted by atomic mass is 16.4. The van der Waals surface area contributed by atoms with Crippen molar-refractivity contribution >= 4 is 11.9 Å². The molecule has 1 amide bonds. The Hall–Kier alpha value is -1.92. The number of hydrogen-bond acceptors (Lipinski definition) is 4. The van der Waals surface area contributed by atoms with E-state index < -0.39 is 5.97 Å². The van der Waals surface area contributed by atoms with Crippen molar-refractivity contribution in [1.29, 1.82) is 0 Å². The monoisotopic (exact) mass is 292 g/mol. The zero-order valence-electron chi connectivity index (χ0n) is 11.9. The van der Waals surface area contributed by atoms with E-state index in [4.69, 9.17) is 10.2 Å². The summed E-state index contributed by atoms with van der Waals surface area (Å²) in [4.78, 5) is 27.1. The molecule has 6 heteroatoms. The summed E-state index contributed by atoms with van der Waals surface area (Å²) in [5.41, 5.74) is 0.687. The quantitative estimate of drug-likeness (QED) is 0.846. The van der Waals surface area contributed by atoms with Gasteiger partial charge in [-0.15, -0.1) is 0 Å². The summed E-state index contributed by atoms with van der Waals surface area (Å²) >= 11 is 0. The van der Waals surface area contributed by atoms with Gasteiger partial charge in [0.05, 0.1) is 12.2 Å². The van der Waals surface area contributed by atoms with Gasteiger partial charge in [0.15, 0.2) is 0 Å². The molecule has 0 spiro atoms. The van der Waals surface area contributed by atoms with Gasteiger partial charge in [-0.3, -0.25) is 9.69 Å². The normalized spacial score (nSPS) is 16.5. The van der Waals surface area contributed by atoms with Gasteiger partial charge in [0.25, 0.3) is 5.91 Å². The summed E-state index contributed by atoms with van der Waals surface area (Å²) in [6.07, 6.45) is 0.874. The second kappa shape index (κ2) is 7.19. The number of aromatic carboxylic acids is 1. The highest BCUT2D eigenvalue weighted by Crippen LogP contribution is 2.11. The van der Waals surface area contributed by atoms with Crippen LogP contribution < -0.4 is 0 Å². The third-order valence-electron chi connectivity index (χ3n) is 3.67. The number of β-amino-alcohol motifs (C(OH)–C–C–N with tert-alkyl or cyclic N) is 1. The van der Waals surface area contributed by atoms with Gasteiger partial charge in [0, 0.05) is 31.7 Å². The number of carbonyl (C=O) groups is 2. The predicted molar refractivity (Wildman–Crippen MR) is 77.4 cm³/mol.